The molecule has 3 rings (SSSR count). The van der Waals surface area contributed by atoms with Crippen LogP contribution >= 0.6 is 22.7 Å². The summed E-state index contributed by atoms with van der Waals surface area (Å²) >= 11 is 3.10. The van der Waals surface area contributed by atoms with E-state index in [4.69, 9.17) is 0 Å². The Morgan fingerprint density at radius 2 is 2.00 bits per heavy atom. The largest absolute Gasteiger partial charge is 0.302 e. The molecule has 0 radical (unpaired) electrons. The normalized spacial score (nSPS) is 10.5. The molecule has 21 heavy (non-hydrogen) atoms. The van der Waals surface area contributed by atoms with Crippen molar-refractivity contribution in [2.75, 3.05) is 5.32 Å². The van der Waals surface area contributed by atoms with Gasteiger partial charge in [0.15, 0.2) is 5.13 Å². The van der Waals surface area contributed by atoms with Crippen molar-refractivity contribution in [3.8, 4) is 10.4 Å². The molecule has 0 bridgehead atoms. The number of benzene rings is 1. The highest BCUT2D eigenvalue weighted by Gasteiger charge is 2.12. The molecule has 0 saturated carbocycles. The van der Waals surface area contributed by atoms with Crippen LogP contribution in [0.4, 0.5) is 5.13 Å². The summed E-state index contributed by atoms with van der Waals surface area (Å²) in [6.45, 7) is 1.97. The fourth-order valence-corrected chi connectivity index (χ4v) is 3.73. The molecule has 0 atom stereocenters. The SMILES string of the molecule is Cc1nc(NC(=O)Cc2cccs2)sc1-c1ccccc1. The number of aromatic nitrogens is 1. The third-order valence-electron chi connectivity index (χ3n) is 2.99. The van der Waals surface area contributed by atoms with Crippen molar-refractivity contribution in [2.45, 2.75) is 13.3 Å². The first-order chi connectivity index (χ1) is 10.2. The smallest absolute Gasteiger partial charge is 0.231 e. The average Bonchev–Trinajstić information content (AvgIpc) is 3.09. The van der Waals surface area contributed by atoms with E-state index in [-0.39, 0.29) is 5.91 Å². The first kappa shape index (κ1) is 14.0. The van der Waals surface area contributed by atoms with E-state index in [1.807, 2.05) is 42.6 Å². The van der Waals surface area contributed by atoms with Gasteiger partial charge in [-0.05, 0) is 23.9 Å². The Morgan fingerprint density at radius 3 is 2.71 bits per heavy atom. The lowest BCUT2D eigenvalue weighted by molar-refractivity contribution is -0.115. The minimum Gasteiger partial charge on any atom is -0.302 e. The Kier molecular flexibility index (Phi) is 4.13. The lowest BCUT2D eigenvalue weighted by Gasteiger charge is -1.99. The molecule has 3 nitrogen and oxygen atoms in total. The minimum absolute atomic E-state index is 0.0224. The van der Waals surface area contributed by atoms with Gasteiger partial charge in [-0.2, -0.15) is 0 Å². The van der Waals surface area contributed by atoms with Crippen LogP contribution in [0.3, 0.4) is 0 Å². The van der Waals surface area contributed by atoms with Crippen molar-refractivity contribution in [1.29, 1.82) is 0 Å². The molecule has 2 heterocycles. The summed E-state index contributed by atoms with van der Waals surface area (Å²) in [5.74, 6) is -0.0224. The summed E-state index contributed by atoms with van der Waals surface area (Å²) in [7, 11) is 0. The van der Waals surface area contributed by atoms with Crippen LogP contribution in [0.2, 0.25) is 0 Å². The van der Waals surface area contributed by atoms with E-state index >= 15 is 0 Å². The van der Waals surface area contributed by atoms with Crippen LogP contribution in [0.15, 0.2) is 47.8 Å². The highest BCUT2D eigenvalue weighted by Crippen LogP contribution is 2.32. The van der Waals surface area contributed by atoms with Gasteiger partial charge in [-0.1, -0.05) is 47.7 Å². The second-order valence-corrected chi connectivity index (χ2v) is 6.64. The van der Waals surface area contributed by atoms with Crippen LogP contribution in [-0.2, 0) is 11.2 Å². The van der Waals surface area contributed by atoms with Crippen LogP contribution in [0.5, 0.6) is 0 Å². The van der Waals surface area contributed by atoms with Gasteiger partial charge in [-0.15, -0.1) is 11.3 Å². The zero-order chi connectivity index (χ0) is 14.7. The predicted octanol–water partition coefficient (Wildman–Crippen LogP) is 4.36. The lowest BCUT2D eigenvalue weighted by atomic mass is 10.2. The number of carbonyl (C=O) groups is 1. The second kappa shape index (κ2) is 6.20. The summed E-state index contributed by atoms with van der Waals surface area (Å²) in [5.41, 5.74) is 2.07. The van der Waals surface area contributed by atoms with E-state index in [1.54, 1.807) is 11.3 Å². The number of rotatable bonds is 4. The van der Waals surface area contributed by atoms with Gasteiger partial charge in [0.1, 0.15) is 0 Å². The maximum Gasteiger partial charge on any atom is 0.231 e. The van der Waals surface area contributed by atoms with Crippen LogP contribution in [0, 0.1) is 6.92 Å². The fraction of sp³-hybridized carbons (Fsp3) is 0.125. The maximum absolute atomic E-state index is 12.0. The van der Waals surface area contributed by atoms with Crippen molar-refractivity contribution < 1.29 is 4.79 Å². The van der Waals surface area contributed by atoms with E-state index in [0.29, 0.717) is 11.6 Å². The Morgan fingerprint density at radius 1 is 1.19 bits per heavy atom. The molecular formula is C16H14N2OS2. The van der Waals surface area contributed by atoms with Gasteiger partial charge in [-0.25, -0.2) is 4.98 Å². The van der Waals surface area contributed by atoms with E-state index in [2.05, 4.69) is 22.4 Å². The number of nitrogens with one attached hydrogen (secondary N) is 1. The molecule has 0 fully saturated rings. The molecule has 1 aromatic carbocycles. The Hall–Kier alpha value is -1.98. The molecule has 1 N–H and O–H groups in total. The molecule has 3 aromatic rings. The topological polar surface area (TPSA) is 42.0 Å². The predicted molar refractivity (Wildman–Crippen MR) is 88.9 cm³/mol. The molecule has 0 aliphatic carbocycles. The zero-order valence-corrected chi connectivity index (χ0v) is 13.1. The van der Waals surface area contributed by atoms with Crippen molar-refractivity contribution >= 4 is 33.7 Å². The molecule has 0 aliphatic heterocycles. The number of amides is 1. The molecule has 0 saturated heterocycles. The number of thiophene rings is 1. The molecule has 0 spiro atoms. The van der Waals surface area contributed by atoms with E-state index in [9.17, 15) is 4.79 Å². The number of nitrogens with zero attached hydrogens (tertiary/aromatic N) is 1. The number of hydrogen-bond acceptors (Lipinski definition) is 4. The van der Waals surface area contributed by atoms with Gasteiger partial charge in [0, 0.05) is 4.88 Å². The van der Waals surface area contributed by atoms with E-state index < -0.39 is 0 Å². The first-order valence-corrected chi connectivity index (χ1v) is 8.27. The third-order valence-corrected chi connectivity index (χ3v) is 4.99. The molecule has 1 amide bonds. The van der Waals surface area contributed by atoms with E-state index in [1.165, 1.54) is 11.3 Å². The Bertz CT molecular complexity index is 733. The van der Waals surface area contributed by atoms with Gasteiger partial charge in [-0.3, -0.25) is 4.79 Å². The molecule has 106 valence electrons. The van der Waals surface area contributed by atoms with Crippen molar-refractivity contribution in [3.05, 3.63) is 58.4 Å². The first-order valence-electron chi connectivity index (χ1n) is 6.57. The standard InChI is InChI=1S/C16H14N2OS2/c1-11-15(12-6-3-2-4-7-12)21-16(17-11)18-14(19)10-13-8-5-9-20-13/h2-9H,10H2,1H3,(H,17,18,19). The van der Waals surface area contributed by atoms with Crippen molar-refractivity contribution in [2.24, 2.45) is 0 Å². The zero-order valence-electron chi connectivity index (χ0n) is 11.5. The van der Waals surface area contributed by atoms with Gasteiger partial charge >= 0.3 is 0 Å². The average molecular weight is 314 g/mol. The van der Waals surface area contributed by atoms with Crippen molar-refractivity contribution in [1.82, 2.24) is 4.98 Å². The highest BCUT2D eigenvalue weighted by molar-refractivity contribution is 7.19. The second-order valence-electron chi connectivity index (χ2n) is 4.60. The van der Waals surface area contributed by atoms with Crippen molar-refractivity contribution in [3.63, 3.8) is 0 Å². The third kappa shape index (κ3) is 3.37. The number of hydrogen-bond donors (Lipinski definition) is 1. The Labute approximate surface area is 131 Å². The molecule has 0 unspecified atom stereocenters. The summed E-state index contributed by atoms with van der Waals surface area (Å²) in [6, 6.07) is 14.0. The number of thiazole rings is 1. The lowest BCUT2D eigenvalue weighted by Crippen LogP contribution is -2.13. The minimum atomic E-state index is -0.0224. The summed E-state index contributed by atoms with van der Waals surface area (Å²) < 4.78 is 0. The van der Waals surface area contributed by atoms with E-state index in [0.717, 1.165) is 21.0 Å². The van der Waals surface area contributed by atoms with Gasteiger partial charge in [0.25, 0.3) is 0 Å². The van der Waals surface area contributed by atoms with Crippen LogP contribution in [0.25, 0.3) is 10.4 Å². The molecule has 5 heteroatoms. The summed E-state index contributed by atoms with van der Waals surface area (Å²) in [5, 5.41) is 5.52. The van der Waals surface area contributed by atoms with Crippen LogP contribution < -0.4 is 5.32 Å². The summed E-state index contributed by atoms with van der Waals surface area (Å²) in [4.78, 5) is 18.6. The molecule has 0 aliphatic rings. The quantitative estimate of drug-likeness (QED) is 0.777. The molecule has 2 aromatic heterocycles. The fourth-order valence-electron chi connectivity index (χ4n) is 2.04. The number of carbonyl (C=O) groups excluding carboxylic acids is 1. The van der Waals surface area contributed by atoms with Gasteiger partial charge in [0.05, 0.1) is 17.0 Å². The highest BCUT2D eigenvalue weighted by atomic mass is 32.1. The van der Waals surface area contributed by atoms with Crippen LogP contribution in [-0.4, -0.2) is 10.9 Å². The number of aryl methyl sites for hydroxylation is 1. The molecular weight excluding hydrogens is 300 g/mol. The summed E-state index contributed by atoms with van der Waals surface area (Å²) in [6.07, 6.45) is 0.400. The Balaban J connectivity index is 1.74. The van der Waals surface area contributed by atoms with Crippen LogP contribution in [0.1, 0.15) is 10.6 Å². The number of anilines is 1. The monoisotopic (exact) mass is 314 g/mol. The van der Waals surface area contributed by atoms with Gasteiger partial charge in [0.2, 0.25) is 5.91 Å². The van der Waals surface area contributed by atoms with Gasteiger partial charge < -0.3 is 5.32 Å². The maximum atomic E-state index is 12.0.